The second kappa shape index (κ2) is 5.59. The quantitative estimate of drug-likeness (QED) is 0.850. The number of anilines is 1. The Bertz CT molecular complexity index is 622. The van der Waals surface area contributed by atoms with Crippen LogP contribution >= 0.6 is 12.2 Å². The standard InChI is InChI=1S/C16H17N3S/c17-16(20)15-8-7-14(10-18-15)19-13-6-5-11-3-1-2-4-12(11)9-13/h1-4,7-8,10,13,19H,5-6,9H2,(H2,17,20). The van der Waals surface area contributed by atoms with E-state index in [1.807, 2.05) is 12.1 Å². The summed E-state index contributed by atoms with van der Waals surface area (Å²) in [5.74, 6) is 0. The SMILES string of the molecule is NC(=S)c1ccc(NC2CCc3ccccc3C2)cn1. The van der Waals surface area contributed by atoms with Crippen LogP contribution in [-0.4, -0.2) is 16.0 Å². The number of rotatable bonds is 3. The number of benzene rings is 1. The Morgan fingerprint density at radius 3 is 2.70 bits per heavy atom. The monoisotopic (exact) mass is 283 g/mol. The number of hydrogen-bond acceptors (Lipinski definition) is 3. The zero-order valence-electron chi connectivity index (χ0n) is 11.2. The molecule has 0 fully saturated rings. The zero-order chi connectivity index (χ0) is 13.9. The van der Waals surface area contributed by atoms with Crippen molar-refractivity contribution in [2.45, 2.75) is 25.3 Å². The molecule has 0 saturated carbocycles. The summed E-state index contributed by atoms with van der Waals surface area (Å²) in [5, 5.41) is 3.54. The third-order valence-corrected chi connectivity index (χ3v) is 3.94. The average molecular weight is 283 g/mol. The Kier molecular flexibility index (Phi) is 3.65. The molecular formula is C16H17N3S. The van der Waals surface area contributed by atoms with E-state index in [1.54, 1.807) is 6.20 Å². The maximum absolute atomic E-state index is 5.55. The Balaban J connectivity index is 1.69. The zero-order valence-corrected chi connectivity index (χ0v) is 12.0. The number of thiocarbonyl (C=S) groups is 1. The van der Waals surface area contributed by atoms with Crippen molar-refractivity contribution in [2.75, 3.05) is 5.32 Å². The summed E-state index contributed by atoms with van der Waals surface area (Å²) >= 11 is 4.91. The van der Waals surface area contributed by atoms with Crippen molar-refractivity contribution in [3.63, 3.8) is 0 Å². The highest BCUT2D eigenvalue weighted by Crippen LogP contribution is 2.23. The van der Waals surface area contributed by atoms with Gasteiger partial charge in [0.1, 0.15) is 4.99 Å². The highest BCUT2D eigenvalue weighted by atomic mass is 32.1. The molecule has 1 aliphatic carbocycles. The smallest absolute Gasteiger partial charge is 0.122 e. The number of aryl methyl sites for hydroxylation is 1. The Labute approximate surface area is 124 Å². The molecular weight excluding hydrogens is 266 g/mol. The van der Waals surface area contributed by atoms with Gasteiger partial charge >= 0.3 is 0 Å². The minimum atomic E-state index is 0.336. The van der Waals surface area contributed by atoms with Crippen molar-refractivity contribution < 1.29 is 0 Å². The van der Waals surface area contributed by atoms with E-state index in [4.69, 9.17) is 18.0 Å². The van der Waals surface area contributed by atoms with Gasteiger partial charge < -0.3 is 11.1 Å². The van der Waals surface area contributed by atoms with E-state index < -0.39 is 0 Å². The topological polar surface area (TPSA) is 50.9 Å². The van der Waals surface area contributed by atoms with Crippen molar-refractivity contribution in [3.05, 3.63) is 59.4 Å². The maximum atomic E-state index is 5.55. The summed E-state index contributed by atoms with van der Waals surface area (Å²) in [4.78, 5) is 4.60. The van der Waals surface area contributed by atoms with Gasteiger partial charge in [0.25, 0.3) is 0 Å². The first-order valence-corrected chi connectivity index (χ1v) is 7.22. The number of pyridine rings is 1. The molecule has 1 aromatic heterocycles. The summed E-state index contributed by atoms with van der Waals surface area (Å²) in [6.45, 7) is 0. The first-order chi connectivity index (χ1) is 9.72. The molecule has 3 nitrogen and oxygen atoms in total. The van der Waals surface area contributed by atoms with Gasteiger partial charge in [-0.2, -0.15) is 0 Å². The molecule has 4 heteroatoms. The molecule has 0 bridgehead atoms. The van der Waals surface area contributed by atoms with Gasteiger partial charge in [0.2, 0.25) is 0 Å². The number of nitrogens with zero attached hydrogens (tertiary/aromatic N) is 1. The third-order valence-electron chi connectivity index (χ3n) is 3.73. The summed E-state index contributed by atoms with van der Waals surface area (Å²) in [7, 11) is 0. The molecule has 1 atom stereocenters. The number of fused-ring (bicyclic) bond motifs is 1. The van der Waals surface area contributed by atoms with Crippen molar-refractivity contribution in [3.8, 4) is 0 Å². The van der Waals surface area contributed by atoms with Crippen LogP contribution in [0.3, 0.4) is 0 Å². The van der Waals surface area contributed by atoms with E-state index in [1.165, 1.54) is 11.1 Å². The molecule has 1 aromatic carbocycles. The number of nitrogens with one attached hydrogen (secondary N) is 1. The molecule has 3 rings (SSSR count). The molecule has 0 saturated heterocycles. The molecule has 0 radical (unpaired) electrons. The molecule has 0 spiro atoms. The van der Waals surface area contributed by atoms with Gasteiger partial charge in [-0.15, -0.1) is 0 Å². The third kappa shape index (κ3) is 2.80. The fourth-order valence-corrected chi connectivity index (χ4v) is 2.80. The van der Waals surface area contributed by atoms with Crippen LogP contribution < -0.4 is 11.1 Å². The van der Waals surface area contributed by atoms with Gasteiger partial charge in [-0.3, -0.25) is 4.98 Å². The van der Waals surface area contributed by atoms with Crippen LogP contribution in [0.2, 0.25) is 0 Å². The molecule has 1 aliphatic rings. The lowest BCUT2D eigenvalue weighted by Crippen LogP contribution is -2.27. The van der Waals surface area contributed by atoms with Crippen molar-refractivity contribution in [1.82, 2.24) is 4.98 Å². The molecule has 1 unspecified atom stereocenters. The number of hydrogen-bond donors (Lipinski definition) is 2. The minimum Gasteiger partial charge on any atom is -0.388 e. The lowest BCUT2D eigenvalue weighted by atomic mass is 9.88. The first kappa shape index (κ1) is 13.1. The predicted molar refractivity (Wildman–Crippen MR) is 86.0 cm³/mol. The minimum absolute atomic E-state index is 0.336. The van der Waals surface area contributed by atoms with Crippen LogP contribution in [0.1, 0.15) is 23.2 Å². The van der Waals surface area contributed by atoms with E-state index in [0.717, 1.165) is 24.9 Å². The second-order valence-corrected chi connectivity index (χ2v) is 5.59. The Morgan fingerprint density at radius 1 is 1.20 bits per heavy atom. The van der Waals surface area contributed by atoms with Crippen LogP contribution in [0.4, 0.5) is 5.69 Å². The van der Waals surface area contributed by atoms with Crippen LogP contribution in [0.5, 0.6) is 0 Å². The van der Waals surface area contributed by atoms with Crippen molar-refractivity contribution in [1.29, 1.82) is 0 Å². The molecule has 3 N–H and O–H groups in total. The maximum Gasteiger partial charge on any atom is 0.122 e. The fraction of sp³-hybridized carbons (Fsp3) is 0.250. The van der Waals surface area contributed by atoms with E-state index in [-0.39, 0.29) is 0 Å². The van der Waals surface area contributed by atoms with Crippen molar-refractivity contribution in [2.24, 2.45) is 5.73 Å². The van der Waals surface area contributed by atoms with E-state index in [0.29, 0.717) is 16.7 Å². The average Bonchev–Trinajstić information content (AvgIpc) is 2.48. The molecule has 1 heterocycles. The van der Waals surface area contributed by atoms with E-state index in [9.17, 15) is 0 Å². The summed E-state index contributed by atoms with van der Waals surface area (Å²) < 4.78 is 0. The molecule has 0 amide bonds. The number of aromatic nitrogens is 1. The lowest BCUT2D eigenvalue weighted by Gasteiger charge is -2.26. The van der Waals surface area contributed by atoms with Crippen LogP contribution in [0, 0.1) is 0 Å². The molecule has 20 heavy (non-hydrogen) atoms. The second-order valence-electron chi connectivity index (χ2n) is 5.15. The van der Waals surface area contributed by atoms with Gasteiger partial charge in [-0.1, -0.05) is 36.5 Å². The fourth-order valence-electron chi connectivity index (χ4n) is 2.68. The van der Waals surface area contributed by atoms with Gasteiger partial charge in [-0.05, 0) is 42.5 Å². The highest BCUT2D eigenvalue weighted by molar-refractivity contribution is 7.80. The number of nitrogens with two attached hydrogens (primary N) is 1. The van der Waals surface area contributed by atoms with E-state index >= 15 is 0 Å². The molecule has 0 aliphatic heterocycles. The predicted octanol–water partition coefficient (Wildman–Crippen LogP) is 2.69. The summed E-state index contributed by atoms with van der Waals surface area (Å²) in [5.41, 5.74) is 10.2. The molecule has 102 valence electrons. The van der Waals surface area contributed by atoms with Gasteiger partial charge in [0.15, 0.2) is 0 Å². The van der Waals surface area contributed by atoms with Crippen LogP contribution in [0.25, 0.3) is 0 Å². The van der Waals surface area contributed by atoms with E-state index in [2.05, 4.69) is 34.6 Å². The van der Waals surface area contributed by atoms with Crippen LogP contribution in [0.15, 0.2) is 42.6 Å². The van der Waals surface area contributed by atoms with Gasteiger partial charge in [0.05, 0.1) is 17.6 Å². The highest BCUT2D eigenvalue weighted by Gasteiger charge is 2.17. The normalized spacial score (nSPS) is 17.3. The lowest BCUT2D eigenvalue weighted by molar-refractivity contribution is 0.610. The first-order valence-electron chi connectivity index (χ1n) is 6.81. The van der Waals surface area contributed by atoms with Crippen molar-refractivity contribution >= 4 is 22.9 Å². The van der Waals surface area contributed by atoms with Gasteiger partial charge in [0, 0.05) is 6.04 Å². The molecule has 2 aromatic rings. The Hall–Kier alpha value is -1.94. The van der Waals surface area contributed by atoms with Gasteiger partial charge in [-0.25, -0.2) is 0 Å². The summed E-state index contributed by atoms with van der Waals surface area (Å²) in [6.07, 6.45) is 5.14. The van der Waals surface area contributed by atoms with Crippen LogP contribution in [-0.2, 0) is 12.8 Å². The summed E-state index contributed by atoms with van der Waals surface area (Å²) in [6, 6.07) is 13.0. The largest absolute Gasteiger partial charge is 0.388 e. The Morgan fingerprint density at radius 2 is 2.00 bits per heavy atom.